The molecule has 0 atom stereocenters. The number of amides is 1. The van der Waals surface area contributed by atoms with Crippen LogP contribution in [0.25, 0.3) is 0 Å². The predicted molar refractivity (Wildman–Crippen MR) is 153 cm³/mol. The largest absolute Gasteiger partial charge is 0.493 e. The minimum atomic E-state index is -0.281. The number of carbonyl (C=O) groups excluding carboxylic acids is 1. The summed E-state index contributed by atoms with van der Waals surface area (Å²) in [7, 11) is 6.89. The van der Waals surface area contributed by atoms with Gasteiger partial charge >= 0.3 is 0 Å². The molecule has 4 aromatic rings. The summed E-state index contributed by atoms with van der Waals surface area (Å²) in [5.41, 5.74) is 2.82. The third-order valence-electron chi connectivity index (χ3n) is 6.02. The zero-order chi connectivity index (χ0) is 28.3. The number of thioether (sulfide) groups is 1. The van der Waals surface area contributed by atoms with Crippen LogP contribution in [0, 0.1) is 0 Å². The molecule has 3 aromatic heterocycles. The van der Waals surface area contributed by atoms with Crippen LogP contribution in [0.5, 0.6) is 11.5 Å². The molecule has 0 unspecified atom stereocenters. The number of nitrogens with zero attached hydrogens (tertiary/aromatic N) is 4. The van der Waals surface area contributed by atoms with Crippen molar-refractivity contribution in [2.24, 2.45) is 0 Å². The number of likely N-dealkylation sites (N-methyl/N-ethyl adjacent to an activating group) is 1. The molecule has 210 valence electrons. The SMILES string of the molecule is COCc1cc(N(C)CCc2ccc(OC)c(OC)c2)nc(SCc2ccc(C(=O)NCc3cccnc3)o2)n1. The number of furan rings is 1. The van der Waals surface area contributed by atoms with Crippen LogP contribution in [0.3, 0.4) is 0 Å². The first-order valence-corrected chi connectivity index (χ1v) is 13.6. The van der Waals surface area contributed by atoms with Crippen LogP contribution in [0.1, 0.15) is 33.1 Å². The van der Waals surface area contributed by atoms with Crippen molar-refractivity contribution >= 4 is 23.5 Å². The van der Waals surface area contributed by atoms with Crippen LogP contribution in [0.2, 0.25) is 0 Å². The molecule has 40 heavy (non-hydrogen) atoms. The molecule has 4 rings (SSSR count). The van der Waals surface area contributed by atoms with Crippen LogP contribution < -0.4 is 19.7 Å². The second kappa shape index (κ2) is 14.3. The summed E-state index contributed by atoms with van der Waals surface area (Å²) in [5.74, 6) is 3.30. The number of ether oxygens (including phenoxy) is 3. The molecule has 0 spiro atoms. The van der Waals surface area contributed by atoms with Gasteiger partial charge in [0.1, 0.15) is 11.6 Å². The van der Waals surface area contributed by atoms with E-state index in [9.17, 15) is 4.79 Å². The fourth-order valence-corrected chi connectivity index (χ4v) is 4.64. The van der Waals surface area contributed by atoms with E-state index < -0.39 is 0 Å². The Balaban J connectivity index is 1.37. The highest BCUT2D eigenvalue weighted by atomic mass is 32.2. The summed E-state index contributed by atoms with van der Waals surface area (Å²) in [4.78, 5) is 28.0. The van der Waals surface area contributed by atoms with Crippen molar-refractivity contribution in [2.45, 2.75) is 30.5 Å². The van der Waals surface area contributed by atoms with Gasteiger partial charge in [-0.2, -0.15) is 0 Å². The summed E-state index contributed by atoms with van der Waals surface area (Å²) < 4.78 is 21.9. The van der Waals surface area contributed by atoms with Crippen LogP contribution in [-0.2, 0) is 30.1 Å². The summed E-state index contributed by atoms with van der Waals surface area (Å²) in [6, 6.07) is 15.1. The van der Waals surface area contributed by atoms with Gasteiger partial charge in [-0.15, -0.1) is 0 Å². The Kier molecular flexibility index (Phi) is 10.4. The van der Waals surface area contributed by atoms with Crippen molar-refractivity contribution in [3.63, 3.8) is 0 Å². The third-order valence-corrected chi connectivity index (χ3v) is 6.89. The molecule has 0 saturated carbocycles. The number of rotatable bonds is 14. The molecule has 1 N–H and O–H groups in total. The summed E-state index contributed by atoms with van der Waals surface area (Å²) in [6.45, 7) is 1.48. The smallest absolute Gasteiger partial charge is 0.287 e. The zero-order valence-corrected chi connectivity index (χ0v) is 23.9. The number of anilines is 1. The van der Waals surface area contributed by atoms with Gasteiger partial charge < -0.3 is 28.8 Å². The number of methoxy groups -OCH3 is 3. The second-order valence-electron chi connectivity index (χ2n) is 8.89. The van der Waals surface area contributed by atoms with Gasteiger partial charge in [0.25, 0.3) is 5.91 Å². The van der Waals surface area contributed by atoms with E-state index in [1.54, 1.807) is 45.9 Å². The van der Waals surface area contributed by atoms with Gasteiger partial charge in [0, 0.05) is 45.7 Å². The number of benzene rings is 1. The molecule has 1 amide bonds. The van der Waals surface area contributed by atoms with Crippen molar-refractivity contribution < 1.29 is 23.4 Å². The summed E-state index contributed by atoms with van der Waals surface area (Å²) in [6.07, 6.45) is 4.20. The number of hydrogen-bond donors (Lipinski definition) is 1. The van der Waals surface area contributed by atoms with Gasteiger partial charge in [0.2, 0.25) is 0 Å². The fraction of sp³-hybridized carbons (Fsp3) is 0.310. The topological polar surface area (TPSA) is 112 Å². The lowest BCUT2D eigenvalue weighted by Gasteiger charge is -2.20. The zero-order valence-electron chi connectivity index (χ0n) is 23.0. The first-order chi connectivity index (χ1) is 19.5. The van der Waals surface area contributed by atoms with Gasteiger partial charge in [-0.1, -0.05) is 23.9 Å². The summed E-state index contributed by atoms with van der Waals surface area (Å²) in [5, 5.41) is 3.44. The van der Waals surface area contributed by atoms with Crippen molar-refractivity contribution in [2.75, 3.05) is 39.8 Å². The Morgan fingerprint density at radius 2 is 1.88 bits per heavy atom. The van der Waals surface area contributed by atoms with E-state index in [4.69, 9.17) is 23.6 Å². The highest BCUT2D eigenvalue weighted by molar-refractivity contribution is 7.98. The predicted octanol–water partition coefficient (Wildman–Crippen LogP) is 4.53. The Morgan fingerprint density at radius 3 is 2.62 bits per heavy atom. The van der Waals surface area contributed by atoms with E-state index in [1.807, 2.05) is 43.4 Å². The monoisotopic (exact) mass is 563 g/mol. The maximum Gasteiger partial charge on any atom is 0.287 e. The van der Waals surface area contributed by atoms with Crippen molar-refractivity contribution in [1.29, 1.82) is 0 Å². The number of pyridine rings is 1. The minimum absolute atomic E-state index is 0.254. The highest BCUT2D eigenvalue weighted by Gasteiger charge is 2.14. The molecule has 0 fully saturated rings. The molecule has 0 aliphatic carbocycles. The third kappa shape index (κ3) is 7.96. The van der Waals surface area contributed by atoms with E-state index in [0.717, 1.165) is 35.6 Å². The maximum atomic E-state index is 12.5. The lowest BCUT2D eigenvalue weighted by atomic mass is 10.1. The maximum absolute atomic E-state index is 12.5. The number of aromatic nitrogens is 3. The Hall–Kier alpha value is -4.09. The highest BCUT2D eigenvalue weighted by Crippen LogP contribution is 2.28. The van der Waals surface area contributed by atoms with Crippen LogP contribution in [0.15, 0.2) is 70.5 Å². The normalized spacial score (nSPS) is 10.8. The van der Waals surface area contributed by atoms with Crippen LogP contribution >= 0.6 is 11.8 Å². The lowest BCUT2D eigenvalue weighted by molar-refractivity contribution is 0.0921. The number of nitrogens with one attached hydrogen (secondary N) is 1. The molecular weight excluding hydrogens is 530 g/mol. The molecule has 0 radical (unpaired) electrons. The average Bonchev–Trinajstić information content (AvgIpc) is 3.47. The molecule has 0 saturated heterocycles. The van der Waals surface area contributed by atoms with Crippen molar-refractivity contribution in [1.82, 2.24) is 20.3 Å². The van der Waals surface area contributed by atoms with Gasteiger partial charge in [-0.25, -0.2) is 9.97 Å². The second-order valence-corrected chi connectivity index (χ2v) is 9.84. The minimum Gasteiger partial charge on any atom is -0.493 e. The standard InChI is InChI=1S/C29H33N5O5S/c1-34(13-11-20-7-9-24(37-3)26(14-20)38-4)27-15-22(18-36-2)32-29(33-27)40-19-23-8-10-25(39-23)28(35)31-17-21-6-5-12-30-16-21/h5-10,12,14-16H,11,13,17-19H2,1-4H3,(H,31,35). The van der Waals surface area contributed by atoms with Crippen LogP contribution in [0.4, 0.5) is 5.82 Å². The van der Waals surface area contributed by atoms with Gasteiger partial charge in [-0.05, 0) is 47.9 Å². The van der Waals surface area contributed by atoms with Crippen LogP contribution in [-0.4, -0.2) is 55.8 Å². The first-order valence-electron chi connectivity index (χ1n) is 12.7. The number of carbonyl (C=O) groups is 1. The average molecular weight is 564 g/mol. The molecule has 0 aliphatic heterocycles. The molecule has 11 heteroatoms. The van der Waals surface area contributed by atoms with Crippen molar-refractivity contribution in [3.8, 4) is 11.5 Å². The fourth-order valence-electron chi connectivity index (χ4n) is 3.87. The van der Waals surface area contributed by atoms with Gasteiger partial charge in [0.05, 0.1) is 32.3 Å². The molecule has 0 aliphatic rings. The molecular formula is C29H33N5O5S. The first kappa shape index (κ1) is 28.9. The Labute approximate surface area is 238 Å². The van der Waals surface area contributed by atoms with E-state index in [1.165, 1.54) is 11.8 Å². The van der Waals surface area contributed by atoms with Gasteiger partial charge in [0.15, 0.2) is 22.4 Å². The lowest BCUT2D eigenvalue weighted by Crippen LogP contribution is -2.22. The van der Waals surface area contributed by atoms with Crippen molar-refractivity contribution in [3.05, 3.63) is 89.3 Å². The molecule has 10 nitrogen and oxygen atoms in total. The molecule has 0 bridgehead atoms. The summed E-state index contributed by atoms with van der Waals surface area (Å²) >= 11 is 1.44. The Bertz CT molecular complexity index is 1400. The molecule has 1 aromatic carbocycles. The van der Waals surface area contributed by atoms with E-state index in [2.05, 4.69) is 20.2 Å². The quantitative estimate of drug-likeness (QED) is 0.173. The Morgan fingerprint density at radius 1 is 1.02 bits per heavy atom. The van der Waals surface area contributed by atoms with E-state index in [0.29, 0.717) is 41.3 Å². The number of hydrogen-bond acceptors (Lipinski definition) is 10. The van der Waals surface area contributed by atoms with E-state index in [-0.39, 0.29) is 11.7 Å². The molecule has 3 heterocycles. The van der Waals surface area contributed by atoms with E-state index >= 15 is 0 Å². The van der Waals surface area contributed by atoms with Gasteiger partial charge in [-0.3, -0.25) is 9.78 Å².